The van der Waals surface area contributed by atoms with Gasteiger partial charge in [0.15, 0.2) is 0 Å². The van der Waals surface area contributed by atoms with Gasteiger partial charge in [-0.3, -0.25) is 14.4 Å². The number of nitrogens with zero attached hydrogens (tertiary/aromatic N) is 1. The summed E-state index contributed by atoms with van der Waals surface area (Å²) in [6.07, 6.45) is 0.478. The van der Waals surface area contributed by atoms with Crippen molar-refractivity contribution in [2.45, 2.75) is 30.3 Å². The van der Waals surface area contributed by atoms with Crippen molar-refractivity contribution in [2.75, 3.05) is 4.90 Å². The number of hydrogen-bond donors (Lipinski definition) is 1. The fourth-order valence-corrected chi connectivity index (χ4v) is 3.25. The van der Waals surface area contributed by atoms with Crippen LogP contribution in [0.5, 0.6) is 0 Å². The van der Waals surface area contributed by atoms with Crippen molar-refractivity contribution in [1.29, 1.82) is 0 Å². The van der Waals surface area contributed by atoms with E-state index in [9.17, 15) is 14.4 Å². The molecule has 106 valence electrons. The molecule has 1 fully saturated rings. The number of para-hydroxylation sites is 1. The molecule has 0 bridgehead atoms. The van der Waals surface area contributed by atoms with Crippen molar-refractivity contribution in [2.24, 2.45) is 0 Å². The fraction of sp³-hybridized carbons (Fsp3) is 0.357. The summed E-state index contributed by atoms with van der Waals surface area (Å²) < 4.78 is 0. The zero-order valence-electron chi connectivity index (χ0n) is 11.0. The zero-order valence-corrected chi connectivity index (χ0v) is 11.8. The van der Waals surface area contributed by atoms with E-state index in [1.165, 1.54) is 0 Å². The third-order valence-corrected chi connectivity index (χ3v) is 4.65. The van der Waals surface area contributed by atoms with Crippen molar-refractivity contribution in [3.8, 4) is 0 Å². The molecular weight excluding hydrogens is 278 g/mol. The number of rotatable bonds is 5. The summed E-state index contributed by atoms with van der Waals surface area (Å²) >= 11 is 1.06. The summed E-state index contributed by atoms with van der Waals surface area (Å²) in [6, 6.07) is 8.69. The topological polar surface area (TPSA) is 74.7 Å². The van der Waals surface area contributed by atoms with Crippen LogP contribution in [0.4, 0.5) is 5.69 Å². The Morgan fingerprint density at radius 3 is 2.60 bits per heavy atom. The molecule has 1 heterocycles. The molecule has 0 aromatic heterocycles. The van der Waals surface area contributed by atoms with Crippen molar-refractivity contribution >= 4 is 35.2 Å². The Balaban J connectivity index is 2.15. The predicted octanol–water partition coefficient (Wildman–Crippen LogP) is 1.91. The van der Waals surface area contributed by atoms with E-state index in [4.69, 9.17) is 5.11 Å². The first-order chi connectivity index (χ1) is 9.54. The molecule has 2 atom stereocenters. The molecule has 2 amide bonds. The number of thioether (sulfide) groups is 1. The molecule has 5 nitrogen and oxygen atoms in total. The largest absolute Gasteiger partial charge is 0.480 e. The van der Waals surface area contributed by atoms with Gasteiger partial charge in [-0.05, 0) is 18.6 Å². The van der Waals surface area contributed by atoms with Crippen molar-refractivity contribution < 1.29 is 19.5 Å². The highest BCUT2D eigenvalue weighted by atomic mass is 32.2. The SMILES string of the molecule is CCC(SC1CC(=O)N(c2ccccc2)C1=O)C(=O)O. The first kappa shape index (κ1) is 14.6. The van der Waals surface area contributed by atoms with Crippen molar-refractivity contribution in [1.82, 2.24) is 0 Å². The fourth-order valence-electron chi connectivity index (χ4n) is 2.09. The van der Waals surface area contributed by atoms with Crippen LogP contribution in [-0.2, 0) is 14.4 Å². The number of carboxylic acids is 1. The van der Waals surface area contributed by atoms with Crippen LogP contribution < -0.4 is 4.90 Å². The average molecular weight is 293 g/mol. The van der Waals surface area contributed by atoms with Crippen LogP contribution in [-0.4, -0.2) is 33.4 Å². The van der Waals surface area contributed by atoms with Gasteiger partial charge in [0.25, 0.3) is 0 Å². The van der Waals surface area contributed by atoms with Crippen LogP contribution in [0, 0.1) is 0 Å². The molecule has 1 saturated heterocycles. The summed E-state index contributed by atoms with van der Waals surface area (Å²) in [4.78, 5) is 36.4. The van der Waals surface area contributed by atoms with Gasteiger partial charge in [-0.1, -0.05) is 25.1 Å². The third kappa shape index (κ3) is 2.85. The normalized spacial score (nSPS) is 20.2. The van der Waals surface area contributed by atoms with Gasteiger partial charge in [0.05, 0.1) is 10.9 Å². The lowest BCUT2D eigenvalue weighted by Crippen LogP contribution is -2.32. The number of carboxylic acid groups (broad SMARTS) is 1. The third-order valence-electron chi connectivity index (χ3n) is 3.09. The minimum Gasteiger partial charge on any atom is -0.480 e. The van der Waals surface area contributed by atoms with E-state index in [2.05, 4.69) is 0 Å². The molecule has 1 aromatic carbocycles. The molecule has 0 spiro atoms. The van der Waals surface area contributed by atoms with Crippen LogP contribution in [0.3, 0.4) is 0 Å². The predicted molar refractivity (Wildman–Crippen MR) is 76.6 cm³/mol. The van der Waals surface area contributed by atoms with Gasteiger partial charge in [-0.15, -0.1) is 11.8 Å². The molecule has 0 aliphatic carbocycles. The summed E-state index contributed by atoms with van der Waals surface area (Å²) in [7, 11) is 0. The van der Waals surface area contributed by atoms with Gasteiger partial charge < -0.3 is 5.11 Å². The highest BCUT2D eigenvalue weighted by Gasteiger charge is 2.41. The van der Waals surface area contributed by atoms with E-state index < -0.39 is 16.5 Å². The number of aliphatic carboxylic acids is 1. The Bertz CT molecular complexity index is 531. The number of imide groups is 1. The standard InChI is InChI=1S/C14H15NO4S/c1-2-10(14(18)19)20-11-8-12(16)15(13(11)17)9-6-4-3-5-7-9/h3-7,10-11H,2,8H2,1H3,(H,18,19). The summed E-state index contributed by atoms with van der Waals surface area (Å²) in [5.74, 6) is -1.55. The highest BCUT2D eigenvalue weighted by molar-refractivity contribution is 8.02. The van der Waals surface area contributed by atoms with E-state index in [1.54, 1.807) is 37.3 Å². The molecule has 1 N–H and O–H groups in total. The van der Waals surface area contributed by atoms with Gasteiger partial charge in [-0.25, -0.2) is 4.90 Å². The maximum atomic E-state index is 12.3. The summed E-state index contributed by atoms with van der Waals surface area (Å²) in [5.41, 5.74) is 0.536. The lowest BCUT2D eigenvalue weighted by Gasteiger charge is -2.16. The van der Waals surface area contributed by atoms with Crippen molar-refractivity contribution in [3.63, 3.8) is 0 Å². The monoisotopic (exact) mass is 293 g/mol. The quantitative estimate of drug-likeness (QED) is 0.839. The molecule has 0 radical (unpaired) electrons. The van der Waals surface area contributed by atoms with Gasteiger partial charge in [0.1, 0.15) is 5.25 Å². The van der Waals surface area contributed by atoms with E-state index in [0.29, 0.717) is 12.1 Å². The van der Waals surface area contributed by atoms with Gasteiger partial charge in [-0.2, -0.15) is 0 Å². The molecule has 20 heavy (non-hydrogen) atoms. The Kier molecular flexibility index (Phi) is 4.44. The summed E-state index contributed by atoms with van der Waals surface area (Å²) in [5, 5.41) is 7.77. The van der Waals surface area contributed by atoms with Gasteiger partial charge in [0.2, 0.25) is 11.8 Å². The number of benzene rings is 1. The average Bonchev–Trinajstić information content (AvgIpc) is 2.71. The van der Waals surface area contributed by atoms with Gasteiger partial charge in [0, 0.05) is 6.42 Å². The van der Waals surface area contributed by atoms with E-state index >= 15 is 0 Å². The Morgan fingerprint density at radius 1 is 1.40 bits per heavy atom. The molecule has 2 rings (SSSR count). The molecule has 1 aromatic rings. The number of hydrogen-bond acceptors (Lipinski definition) is 4. The first-order valence-electron chi connectivity index (χ1n) is 6.34. The molecule has 1 aliphatic rings. The van der Waals surface area contributed by atoms with E-state index in [0.717, 1.165) is 16.7 Å². The Morgan fingerprint density at radius 2 is 2.05 bits per heavy atom. The Labute approximate surface area is 121 Å². The van der Waals surface area contributed by atoms with Crippen LogP contribution in [0.2, 0.25) is 0 Å². The molecule has 0 saturated carbocycles. The zero-order chi connectivity index (χ0) is 14.7. The number of amides is 2. The minimum absolute atomic E-state index is 0.0577. The number of anilines is 1. The molecule has 1 aliphatic heterocycles. The first-order valence-corrected chi connectivity index (χ1v) is 7.29. The van der Waals surface area contributed by atoms with Gasteiger partial charge >= 0.3 is 5.97 Å². The lowest BCUT2D eigenvalue weighted by molar-refractivity contribution is -0.136. The molecular formula is C14H15NO4S. The van der Waals surface area contributed by atoms with Crippen LogP contribution in [0.15, 0.2) is 30.3 Å². The van der Waals surface area contributed by atoms with Crippen LogP contribution in [0.1, 0.15) is 19.8 Å². The lowest BCUT2D eigenvalue weighted by atomic mass is 10.3. The number of carbonyl (C=O) groups is 3. The van der Waals surface area contributed by atoms with Crippen LogP contribution >= 0.6 is 11.8 Å². The summed E-state index contributed by atoms with van der Waals surface area (Å²) in [6.45, 7) is 1.75. The molecule has 2 unspecified atom stereocenters. The maximum Gasteiger partial charge on any atom is 0.316 e. The van der Waals surface area contributed by atoms with Crippen molar-refractivity contribution in [3.05, 3.63) is 30.3 Å². The second-order valence-corrected chi connectivity index (χ2v) is 5.88. The second-order valence-electron chi connectivity index (χ2n) is 4.47. The van der Waals surface area contributed by atoms with E-state index in [-0.39, 0.29) is 18.2 Å². The van der Waals surface area contributed by atoms with Crippen LogP contribution in [0.25, 0.3) is 0 Å². The molecule has 6 heteroatoms. The minimum atomic E-state index is -0.948. The maximum absolute atomic E-state index is 12.3. The Hall–Kier alpha value is -1.82. The van der Waals surface area contributed by atoms with E-state index in [1.807, 2.05) is 0 Å². The second kappa shape index (κ2) is 6.09. The number of carbonyl (C=O) groups excluding carboxylic acids is 2. The highest BCUT2D eigenvalue weighted by Crippen LogP contribution is 2.32. The smallest absolute Gasteiger partial charge is 0.316 e.